The number of carbonyl (C=O) groups excluding carboxylic acids is 1. The fourth-order valence-corrected chi connectivity index (χ4v) is 2.88. The first-order valence-corrected chi connectivity index (χ1v) is 7.14. The molecule has 0 aromatic carbocycles. The largest absolute Gasteiger partial charge is 0.356 e. The first kappa shape index (κ1) is 14.7. The molecule has 0 saturated heterocycles. The summed E-state index contributed by atoms with van der Waals surface area (Å²) in [5, 5.41) is 0. The third-order valence-electron chi connectivity index (χ3n) is 2.65. The van der Waals surface area contributed by atoms with Gasteiger partial charge in [-0.15, -0.1) is 0 Å². The Balaban J connectivity index is 2.92. The highest BCUT2D eigenvalue weighted by Crippen LogP contribution is 2.12. The van der Waals surface area contributed by atoms with Crippen LogP contribution in [0.5, 0.6) is 0 Å². The monoisotopic (exact) mass is 274 g/mol. The Labute approximate surface area is 106 Å². The van der Waals surface area contributed by atoms with Gasteiger partial charge in [0.15, 0.2) is 0 Å². The second kappa shape index (κ2) is 5.98. The zero-order valence-corrected chi connectivity index (χ0v) is 11.2. The molecule has 1 aromatic heterocycles. The molecular weight excluding hydrogens is 256 g/mol. The molecule has 0 fully saturated rings. The van der Waals surface area contributed by atoms with Gasteiger partial charge in [0.25, 0.3) is 5.91 Å². The highest BCUT2D eigenvalue weighted by molar-refractivity contribution is 7.89. The van der Waals surface area contributed by atoms with Gasteiger partial charge in [-0.05, 0) is 18.9 Å². The molecule has 1 amide bonds. The number of amides is 1. The van der Waals surface area contributed by atoms with Crippen molar-refractivity contribution >= 4 is 15.9 Å². The highest BCUT2D eigenvalue weighted by Gasteiger charge is 2.20. The van der Waals surface area contributed by atoms with Gasteiger partial charge in [-0.25, -0.2) is 19.0 Å². The quantitative estimate of drug-likeness (QED) is 0.334. The molecule has 0 unspecified atom stereocenters. The van der Waals surface area contributed by atoms with Gasteiger partial charge in [0.1, 0.15) is 10.6 Å². The van der Waals surface area contributed by atoms with Gasteiger partial charge >= 0.3 is 0 Å². The Hall–Kier alpha value is -1.38. The smallest absolute Gasteiger partial charge is 0.281 e. The summed E-state index contributed by atoms with van der Waals surface area (Å²) in [5.41, 5.74) is 2.02. The maximum Gasteiger partial charge on any atom is 0.281 e. The van der Waals surface area contributed by atoms with Crippen molar-refractivity contribution in [3.05, 3.63) is 18.0 Å². The number of nitrogen functional groups attached to an aromatic ring is 1. The fourth-order valence-electron chi connectivity index (χ4n) is 1.48. The molecule has 1 aromatic rings. The van der Waals surface area contributed by atoms with Crippen molar-refractivity contribution in [2.45, 2.75) is 37.6 Å². The first-order valence-electron chi connectivity index (χ1n) is 5.66. The molecule has 0 atom stereocenters. The Morgan fingerprint density at radius 2 is 2.06 bits per heavy atom. The van der Waals surface area contributed by atoms with E-state index >= 15 is 0 Å². The number of hydrogen-bond acceptors (Lipinski definition) is 4. The van der Waals surface area contributed by atoms with E-state index in [4.69, 9.17) is 5.84 Å². The van der Waals surface area contributed by atoms with Crippen LogP contribution in [-0.2, 0) is 10.0 Å². The maximum absolute atomic E-state index is 12.0. The summed E-state index contributed by atoms with van der Waals surface area (Å²) in [6, 6.07) is 1.13. The first-order chi connectivity index (χ1) is 8.44. The molecule has 8 heteroatoms. The zero-order valence-electron chi connectivity index (χ0n) is 10.4. The van der Waals surface area contributed by atoms with Gasteiger partial charge in [0.2, 0.25) is 10.0 Å². The Bertz CT molecular complexity index is 505. The minimum Gasteiger partial charge on any atom is -0.356 e. The molecule has 1 rings (SSSR count). The predicted octanol–water partition coefficient (Wildman–Crippen LogP) is 0.0851. The molecule has 5 N–H and O–H groups in total. The topological polar surface area (TPSA) is 117 Å². The Kier molecular flexibility index (Phi) is 4.88. The summed E-state index contributed by atoms with van der Waals surface area (Å²) in [7, 11) is -3.61. The van der Waals surface area contributed by atoms with Crippen molar-refractivity contribution in [1.82, 2.24) is 15.1 Å². The average molecular weight is 274 g/mol. The lowest BCUT2D eigenvalue weighted by atomic mass is 10.2. The van der Waals surface area contributed by atoms with Crippen LogP contribution < -0.4 is 16.0 Å². The van der Waals surface area contributed by atoms with Gasteiger partial charge in [-0.1, -0.05) is 13.8 Å². The van der Waals surface area contributed by atoms with E-state index in [2.05, 4.69) is 9.71 Å². The predicted molar refractivity (Wildman–Crippen MR) is 67.1 cm³/mol. The van der Waals surface area contributed by atoms with Crippen LogP contribution in [0.2, 0.25) is 0 Å². The van der Waals surface area contributed by atoms with E-state index < -0.39 is 15.9 Å². The normalized spacial score (nSPS) is 11.8. The summed E-state index contributed by atoms with van der Waals surface area (Å²) in [6.07, 6.45) is 2.67. The Morgan fingerprint density at radius 1 is 1.44 bits per heavy atom. The number of sulfonamides is 1. The Morgan fingerprint density at radius 3 is 2.56 bits per heavy atom. The molecule has 0 aliphatic heterocycles. The van der Waals surface area contributed by atoms with Crippen LogP contribution in [0, 0.1) is 0 Å². The van der Waals surface area contributed by atoms with Crippen molar-refractivity contribution in [3.63, 3.8) is 0 Å². The average Bonchev–Trinajstić information content (AvgIpc) is 2.85. The van der Waals surface area contributed by atoms with E-state index in [1.807, 2.05) is 19.3 Å². The molecule has 0 radical (unpaired) electrons. The standard InChI is InChI=1S/C10H18N4O3S/c1-3-7(4-2)14-18(16,17)8-5-9(12-6-8)10(15)13-11/h5-7,12,14H,3-4,11H2,1-2H3,(H,13,15). The maximum atomic E-state index is 12.0. The molecule has 7 nitrogen and oxygen atoms in total. The summed E-state index contributed by atoms with van der Waals surface area (Å²) < 4.78 is 26.5. The van der Waals surface area contributed by atoms with Crippen molar-refractivity contribution in [3.8, 4) is 0 Å². The van der Waals surface area contributed by atoms with Crippen LogP contribution >= 0.6 is 0 Å². The second-order valence-corrected chi connectivity index (χ2v) is 5.57. The third kappa shape index (κ3) is 3.31. The van der Waals surface area contributed by atoms with Crippen LogP contribution in [0.15, 0.2) is 17.2 Å². The minimum absolute atomic E-state index is 0.0213. The molecule has 1 heterocycles. The molecule has 0 aliphatic rings. The number of aromatic amines is 1. The van der Waals surface area contributed by atoms with Gasteiger partial charge in [0.05, 0.1) is 0 Å². The van der Waals surface area contributed by atoms with E-state index in [0.717, 1.165) is 0 Å². The number of hydrogen-bond donors (Lipinski definition) is 4. The van der Waals surface area contributed by atoms with Crippen LogP contribution in [0.1, 0.15) is 37.2 Å². The van der Waals surface area contributed by atoms with Gasteiger partial charge in [-0.2, -0.15) is 0 Å². The van der Waals surface area contributed by atoms with E-state index in [9.17, 15) is 13.2 Å². The number of rotatable bonds is 6. The van der Waals surface area contributed by atoms with Gasteiger partial charge < -0.3 is 4.98 Å². The summed E-state index contributed by atoms with van der Waals surface area (Å²) in [6.45, 7) is 3.81. The lowest BCUT2D eigenvalue weighted by molar-refractivity contribution is 0.0949. The van der Waals surface area contributed by atoms with E-state index in [1.54, 1.807) is 0 Å². The number of nitrogens with two attached hydrogens (primary N) is 1. The van der Waals surface area contributed by atoms with Crippen LogP contribution in [0.3, 0.4) is 0 Å². The highest BCUT2D eigenvalue weighted by atomic mass is 32.2. The fraction of sp³-hybridized carbons (Fsp3) is 0.500. The van der Waals surface area contributed by atoms with Crippen molar-refractivity contribution in [1.29, 1.82) is 0 Å². The van der Waals surface area contributed by atoms with Crippen LogP contribution in [-0.4, -0.2) is 25.4 Å². The summed E-state index contributed by atoms with van der Waals surface area (Å²) in [4.78, 5) is 13.8. The number of aromatic nitrogens is 1. The second-order valence-electron chi connectivity index (χ2n) is 3.86. The van der Waals surface area contributed by atoms with Crippen LogP contribution in [0.25, 0.3) is 0 Å². The van der Waals surface area contributed by atoms with Gasteiger partial charge in [0, 0.05) is 12.2 Å². The van der Waals surface area contributed by atoms with Gasteiger partial charge in [-0.3, -0.25) is 10.2 Å². The molecule has 102 valence electrons. The summed E-state index contributed by atoms with van der Waals surface area (Å²) in [5.74, 6) is 4.39. The molecule has 0 spiro atoms. The zero-order chi connectivity index (χ0) is 13.8. The number of nitrogens with one attached hydrogen (secondary N) is 3. The van der Waals surface area contributed by atoms with Crippen molar-refractivity contribution in [2.75, 3.05) is 0 Å². The molecule has 0 bridgehead atoms. The lowest BCUT2D eigenvalue weighted by Crippen LogP contribution is -2.33. The molecule has 18 heavy (non-hydrogen) atoms. The number of carbonyl (C=O) groups is 1. The minimum atomic E-state index is -3.61. The van der Waals surface area contributed by atoms with Crippen LogP contribution in [0.4, 0.5) is 0 Å². The SMILES string of the molecule is CCC(CC)NS(=O)(=O)c1c[nH]c(C(=O)NN)c1. The van der Waals surface area contributed by atoms with Crippen molar-refractivity contribution in [2.24, 2.45) is 5.84 Å². The lowest BCUT2D eigenvalue weighted by Gasteiger charge is -2.13. The number of hydrazine groups is 1. The molecule has 0 aliphatic carbocycles. The van der Waals surface area contributed by atoms with E-state index in [-0.39, 0.29) is 16.6 Å². The molecular formula is C10H18N4O3S. The van der Waals surface area contributed by atoms with Crippen molar-refractivity contribution < 1.29 is 13.2 Å². The van der Waals surface area contributed by atoms with E-state index in [0.29, 0.717) is 12.8 Å². The third-order valence-corrected chi connectivity index (χ3v) is 4.15. The van der Waals surface area contributed by atoms with E-state index in [1.165, 1.54) is 12.3 Å². The molecule has 0 saturated carbocycles. The summed E-state index contributed by atoms with van der Waals surface area (Å²) >= 11 is 0. The number of H-pyrrole nitrogens is 1.